The van der Waals surface area contributed by atoms with E-state index in [4.69, 9.17) is 9.47 Å². The lowest BCUT2D eigenvalue weighted by Crippen LogP contribution is -2.09. The summed E-state index contributed by atoms with van der Waals surface area (Å²) in [6.45, 7) is 0. The summed E-state index contributed by atoms with van der Waals surface area (Å²) in [7, 11) is 3.17. The molecular formula is C14H13N3O3. The Morgan fingerprint density at radius 3 is 2.65 bits per heavy atom. The monoisotopic (exact) mass is 271 g/mol. The molecule has 6 nitrogen and oxygen atoms in total. The topological polar surface area (TPSA) is 69.1 Å². The van der Waals surface area contributed by atoms with Gasteiger partial charge in [0.2, 0.25) is 0 Å². The molecule has 0 unspecified atom stereocenters. The van der Waals surface area contributed by atoms with Gasteiger partial charge in [-0.25, -0.2) is 4.98 Å². The number of ether oxygens (including phenoxy) is 2. The Hall–Kier alpha value is -2.76. The standard InChI is InChI=1S/C14H13N3O3/c1-19-11-3-4-12(20-2)13-9(11)7-10(16-13)14(18)17-6-5-15-8-17/h3-8,16H,1-2H3. The Labute approximate surface area is 115 Å². The molecule has 0 aliphatic rings. The fourth-order valence-corrected chi connectivity index (χ4v) is 2.15. The summed E-state index contributed by atoms with van der Waals surface area (Å²) in [6, 6.07) is 5.35. The van der Waals surface area contributed by atoms with Crippen LogP contribution in [0.25, 0.3) is 10.9 Å². The largest absolute Gasteiger partial charge is 0.496 e. The van der Waals surface area contributed by atoms with E-state index in [0.717, 1.165) is 10.9 Å². The number of hydrogen-bond donors (Lipinski definition) is 1. The normalized spacial score (nSPS) is 10.7. The molecule has 0 bridgehead atoms. The molecule has 0 fully saturated rings. The molecule has 2 heterocycles. The summed E-state index contributed by atoms with van der Waals surface area (Å²) in [6.07, 6.45) is 4.62. The van der Waals surface area contributed by atoms with Gasteiger partial charge in [-0.15, -0.1) is 0 Å². The SMILES string of the molecule is COc1ccc(OC)c2[nH]c(C(=O)n3ccnc3)cc12. The number of rotatable bonds is 3. The van der Waals surface area contributed by atoms with Crippen molar-refractivity contribution in [3.05, 3.63) is 42.6 Å². The van der Waals surface area contributed by atoms with Gasteiger partial charge in [0.25, 0.3) is 5.91 Å². The van der Waals surface area contributed by atoms with E-state index in [9.17, 15) is 4.79 Å². The molecule has 0 amide bonds. The Balaban J connectivity index is 2.17. The molecule has 6 heteroatoms. The van der Waals surface area contributed by atoms with Gasteiger partial charge in [-0.3, -0.25) is 9.36 Å². The highest BCUT2D eigenvalue weighted by molar-refractivity contribution is 6.02. The number of carbonyl (C=O) groups is 1. The molecule has 2 aromatic heterocycles. The maximum absolute atomic E-state index is 12.3. The first kappa shape index (κ1) is 12.3. The van der Waals surface area contributed by atoms with Gasteiger partial charge in [0.15, 0.2) is 0 Å². The van der Waals surface area contributed by atoms with Gasteiger partial charge >= 0.3 is 0 Å². The summed E-state index contributed by atoms with van der Waals surface area (Å²) in [4.78, 5) is 19.2. The third-order valence-corrected chi connectivity index (χ3v) is 3.12. The molecule has 20 heavy (non-hydrogen) atoms. The maximum Gasteiger partial charge on any atom is 0.279 e. The number of benzene rings is 1. The van der Waals surface area contributed by atoms with E-state index in [1.54, 1.807) is 44.8 Å². The second kappa shape index (κ2) is 4.73. The van der Waals surface area contributed by atoms with E-state index < -0.39 is 0 Å². The van der Waals surface area contributed by atoms with Crippen LogP contribution in [0.2, 0.25) is 0 Å². The first-order valence-corrected chi connectivity index (χ1v) is 6.01. The van der Waals surface area contributed by atoms with E-state index in [1.807, 2.05) is 0 Å². The molecule has 3 rings (SSSR count). The lowest BCUT2D eigenvalue weighted by atomic mass is 10.2. The van der Waals surface area contributed by atoms with E-state index >= 15 is 0 Å². The van der Waals surface area contributed by atoms with Gasteiger partial charge in [-0.05, 0) is 18.2 Å². The summed E-state index contributed by atoms with van der Waals surface area (Å²) in [5, 5.41) is 0.801. The molecule has 102 valence electrons. The van der Waals surface area contributed by atoms with Gasteiger partial charge in [0.1, 0.15) is 23.5 Å². The zero-order valence-electron chi connectivity index (χ0n) is 11.1. The van der Waals surface area contributed by atoms with Crippen molar-refractivity contribution in [1.82, 2.24) is 14.5 Å². The van der Waals surface area contributed by atoms with Crippen molar-refractivity contribution in [1.29, 1.82) is 0 Å². The summed E-state index contributed by atoms with van der Waals surface area (Å²) < 4.78 is 12.0. The van der Waals surface area contributed by atoms with E-state index in [-0.39, 0.29) is 5.91 Å². The van der Waals surface area contributed by atoms with Crippen LogP contribution in [-0.4, -0.2) is 34.7 Å². The fourth-order valence-electron chi connectivity index (χ4n) is 2.15. The van der Waals surface area contributed by atoms with Gasteiger partial charge < -0.3 is 14.5 Å². The van der Waals surface area contributed by atoms with Crippen LogP contribution in [0.3, 0.4) is 0 Å². The predicted octanol–water partition coefficient (Wildman–Crippen LogP) is 2.07. The van der Waals surface area contributed by atoms with Gasteiger partial charge in [-0.2, -0.15) is 0 Å². The second-order valence-electron chi connectivity index (χ2n) is 4.22. The van der Waals surface area contributed by atoms with Gasteiger partial charge in [-0.1, -0.05) is 0 Å². The van der Waals surface area contributed by atoms with E-state index in [0.29, 0.717) is 17.2 Å². The number of carbonyl (C=O) groups excluding carboxylic acids is 1. The molecule has 0 radical (unpaired) electrons. The minimum Gasteiger partial charge on any atom is -0.496 e. The lowest BCUT2D eigenvalue weighted by molar-refractivity contribution is 0.0955. The fraction of sp³-hybridized carbons (Fsp3) is 0.143. The van der Waals surface area contributed by atoms with Crippen LogP contribution in [0.15, 0.2) is 36.9 Å². The van der Waals surface area contributed by atoms with E-state index in [1.165, 1.54) is 10.9 Å². The molecule has 1 N–H and O–H groups in total. The molecule has 0 atom stereocenters. The molecular weight excluding hydrogens is 258 g/mol. The number of nitrogens with zero attached hydrogens (tertiary/aromatic N) is 2. The second-order valence-corrected chi connectivity index (χ2v) is 4.22. The average molecular weight is 271 g/mol. The van der Waals surface area contributed by atoms with Crippen molar-refractivity contribution in [3.8, 4) is 11.5 Å². The summed E-state index contributed by atoms with van der Waals surface area (Å²) >= 11 is 0. The van der Waals surface area contributed by atoms with Crippen LogP contribution in [-0.2, 0) is 0 Å². The molecule has 3 aromatic rings. The first-order valence-electron chi connectivity index (χ1n) is 6.01. The molecule has 0 saturated heterocycles. The molecule has 0 aliphatic heterocycles. The number of nitrogens with one attached hydrogen (secondary N) is 1. The third kappa shape index (κ3) is 1.82. The van der Waals surface area contributed by atoms with Crippen molar-refractivity contribution in [2.24, 2.45) is 0 Å². The van der Waals surface area contributed by atoms with Crippen molar-refractivity contribution >= 4 is 16.8 Å². The smallest absolute Gasteiger partial charge is 0.279 e. The lowest BCUT2D eigenvalue weighted by Gasteiger charge is -2.05. The number of imidazole rings is 1. The Kier molecular flexibility index (Phi) is 2.90. The van der Waals surface area contributed by atoms with Crippen LogP contribution < -0.4 is 9.47 Å². The maximum atomic E-state index is 12.3. The van der Waals surface area contributed by atoms with Crippen LogP contribution >= 0.6 is 0 Å². The quantitative estimate of drug-likeness (QED) is 0.791. The highest BCUT2D eigenvalue weighted by Crippen LogP contribution is 2.33. The number of aromatic amines is 1. The Bertz CT molecular complexity index is 718. The van der Waals surface area contributed by atoms with Crippen molar-refractivity contribution in [2.75, 3.05) is 14.2 Å². The van der Waals surface area contributed by atoms with Crippen molar-refractivity contribution in [2.45, 2.75) is 0 Å². The summed E-state index contributed by atoms with van der Waals surface area (Å²) in [5.74, 6) is 1.15. The highest BCUT2D eigenvalue weighted by atomic mass is 16.5. The molecule has 0 aliphatic carbocycles. The number of fused-ring (bicyclic) bond motifs is 1. The number of hydrogen-bond acceptors (Lipinski definition) is 4. The Morgan fingerprint density at radius 1 is 1.25 bits per heavy atom. The van der Waals surface area contributed by atoms with Crippen molar-refractivity contribution in [3.63, 3.8) is 0 Å². The van der Waals surface area contributed by atoms with Gasteiger partial charge in [0.05, 0.1) is 19.7 Å². The minimum atomic E-state index is -0.192. The highest BCUT2D eigenvalue weighted by Gasteiger charge is 2.16. The number of methoxy groups -OCH3 is 2. The molecule has 0 saturated carbocycles. The van der Waals surface area contributed by atoms with Crippen LogP contribution in [0.4, 0.5) is 0 Å². The van der Waals surface area contributed by atoms with Crippen LogP contribution in [0, 0.1) is 0 Å². The summed E-state index contributed by atoms with van der Waals surface area (Å²) in [5.41, 5.74) is 1.18. The zero-order valence-corrected chi connectivity index (χ0v) is 11.1. The first-order chi connectivity index (χ1) is 9.74. The number of H-pyrrole nitrogens is 1. The van der Waals surface area contributed by atoms with Crippen LogP contribution in [0.5, 0.6) is 11.5 Å². The predicted molar refractivity (Wildman–Crippen MR) is 73.4 cm³/mol. The third-order valence-electron chi connectivity index (χ3n) is 3.12. The number of aromatic nitrogens is 3. The van der Waals surface area contributed by atoms with E-state index in [2.05, 4.69) is 9.97 Å². The molecule has 1 aromatic carbocycles. The Morgan fingerprint density at radius 2 is 2.00 bits per heavy atom. The molecule has 0 spiro atoms. The van der Waals surface area contributed by atoms with Crippen LogP contribution in [0.1, 0.15) is 10.5 Å². The minimum absolute atomic E-state index is 0.192. The zero-order chi connectivity index (χ0) is 14.1. The average Bonchev–Trinajstić information content (AvgIpc) is 3.14. The van der Waals surface area contributed by atoms with Gasteiger partial charge in [0, 0.05) is 17.8 Å². The van der Waals surface area contributed by atoms with Crippen molar-refractivity contribution < 1.29 is 14.3 Å².